The second-order valence-corrected chi connectivity index (χ2v) is 4.47. The lowest BCUT2D eigenvalue weighted by Crippen LogP contribution is -2.26. The lowest BCUT2D eigenvalue weighted by Gasteiger charge is -2.17. The Hall–Kier alpha value is -1.07. The topological polar surface area (TPSA) is 72.5 Å². The predicted molar refractivity (Wildman–Crippen MR) is 69.2 cm³/mol. The molecule has 1 aromatic carbocycles. The third kappa shape index (κ3) is 3.71. The van der Waals surface area contributed by atoms with Crippen molar-refractivity contribution in [2.45, 2.75) is 25.9 Å². The van der Waals surface area contributed by atoms with Crippen LogP contribution < -0.4 is 10.5 Å². The van der Waals surface area contributed by atoms with Crippen LogP contribution >= 0.6 is 15.9 Å². The fraction of sp³-hybridized carbons (Fsp3) is 0.417. The molecule has 0 saturated heterocycles. The Morgan fingerprint density at radius 2 is 2.29 bits per heavy atom. The largest absolute Gasteiger partial charge is 0.479 e. The van der Waals surface area contributed by atoms with Crippen molar-refractivity contribution in [2.24, 2.45) is 5.73 Å². The van der Waals surface area contributed by atoms with Crippen LogP contribution in [0.2, 0.25) is 0 Å². The Morgan fingerprint density at radius 1 is 1.59 bits per heavy atom. The van der Waals surface area contributed by atoms with Crippen LogP contribution in [0.4, 0.5) is 0 Å². The van der Waals surface area contributed by atoms with Crippen LogP contribution in [0.1, 0.15) is 18.9 Å². The number of hydrogen-bond acceptors (Lipinski definition) is 3. The van der Waals surface area contributed by atoms with Crippen LogP contribution in [0.5, 0.6) is 5.75 Å². The van der Waals surface area contributed by atoms with E-state index in [1.165, 1.54) is 0 Å². The average Bonchev–Trinajstić information content (AvgIpc) is 2.28. The summed E-state index contributed by atoms with van der Waals surface area (Å²) in [7, 11) is 0. The molecule has 0 radical (unpaired) electrons. The summed E-state index contributed by atoms with van der Waals surface area (Å²) in [6, 6.07) is 5.59. The lowest BCUT2D eigenvalue weighted by molar-refractivity contribution is -0.145. The van der Waals surface area contributed by atoms with Gasteiger partial charge in [-0.3, -0.25) is 0 Å². The van der Waals surface area contributed by atoms with E-state index >= 15 is 0 Å². The van der Waals surface area contributed by atoms with Gasteiger partial charge >= 0.3 is 5.97 Å². The van der Waals surface area contributed by atoms with Crippen molar-refractivity contribution in [1.82, 2.24) is 0 Å². The van der Waals surface area contributed by atoms with E-state index in [4.69, 9.17) is 15.6 Å². The zero-order valence-corrected chi connectivity index (χ0v) is 11.2. The Balaban J connectivity index is 2.98. The van der Waals surface area contributed by atoms with Gasteiger partial charge in [-0.2, -0.15) is 0 Å². The van der Waals surface area contributed by atoms with E-state index in [1.54, 1.807) is 6.92 Å². The minimum absolute atomic E-state index is 0.415. The number of ether oxygens (including phenoxy) is 1. The molecule has 1 rings (SSSR count). The van der Waals surface area contributed by atoms with Gasteiger partial charge < -0.3 is 15.6 Å². The highest BCUT2D eigenvalue weighted by molar-refractivity contribution is 9.10. The third-order valence-corrected chi connectivity index (χ3v) is 2.99. The fourth-order valence-electron chi connectivity index (χ4n) is 1.49. The van der Waals surface area contributed by atoms with Gasteiger partial charge in [0, 0.05) is 0 Å². The SMILES string of the molecule is CCC(Oc1c(Br)cccc1CCN)C(=O)O. The highest BCUT2D eigenvalue weighted by Crippen LogP contribution is 2.30. The van der Waals surface area contributed by atoms with E-state index in [-0.39, 0.29) is 0 Å². The Kier molecular flexibility index (Phi) is 5.44. The van der Waals surface area contributed by atoms with Gasteiger partial charge in [0.25, 0.3) is 0 Å². The molecule has 0 spiro atoms. The summed E-state index contributed by atoms with van der Waals surface area (Å²) < 4.78 is 6.29. The number of para-hydroxylation sites is 1. The van der Waals surface area contributed by atoms with Gasteiger partial charge in [-0.05, 0) is 46.9 Å². The van der Waals surface area contributed by atoms with E-state index in [2.05, 4.69) is 15.9 Å². The van der Waals surface area contributed by atoms with Gasteiger partial charge in [0.05, 0.1) is 4.47 Å². The van der Waals surface area contributed by atoms with Crippen LogP contribution in [0.15, 0.2) is 22.7 Å². The van der Waals surface area contributed by atoms with Gasteiger partial charge in [-0.25, -0.2) is 4.79 Å². The molecule has 1 aromatic rings. The second kappa shape index (κ2) is 6.61. The first kappa shape index (κ1) is 14.0. The average molecular weight is 302 g/mol. The quantitative estimate of drug-likeness (QED) is 0.845. The maximum absolute atomic E-state index is 11.0. The van der Waals surface area contributed by atoms with Crippen LogP contribution in [0.3, 0.4) is 0 Å². The van der Waals surface area contributed by atoms with Crippen molar-refractivity contribution in [3.8, 4) is 5.75 Å². The third-order valence-electron chi connectivity index (χ3n) is 2.37. The van der Waals surface area contributed by atoms with Crippen molar-refractivity contribution >= 4 is 21.9 Å². The fourth-order valence-corrected chi connectivity index (χ4v) is 1.99. The maximum Gasteiger partial charge on any atom is 0.344 e. The highest BCUT2D eigenvalue weighted by Gasteiger charge is 2.19. The van der Waals surface area contributed by atoms with Crippen molar-refractivity contribution < 1.29 is 14.6 Å². The highest BCUT2D eigenvalue weighted by atomic mass is 79.9. The van der Waals surface area contributed by atoms with E-state index in [9.17, 15) is 4.79 Å². The van der Waals surface area contributed by atoms with Crippen molar-refractivity contribution in [3.05, 3.63) is 28.2 Å². The van der Waals surface area contributed by atoms with Gasteiger partial charge in [-0.15, -0.1) is 0 Å². The molecule has 3 N–H and O–H groups in total. The van der Waals surface area contributed by atoms with E-state index in [0.717, 1.165) is 10.0 Å². The molecule has 0 fully saturated rings. The number of carboxylic acids is 1. The normalized spacial score (nSPS) is 12.2. The molecule has 0 aliphatic rings. The molecule has 1 unspecified atom stereocenters. The number of halogens is 1. The number of rotatable bonds is 6. The Labute approximate surface area is 109 Å². The maximum atomic E-state index is 11.0. The molecule has 1 atom stereocenters. The molecule has 0 aliphatic heterocycles. The number of hydrogen-bond donors (Lipinski definition) is 2. The van der Waals surface area contributed by atoms with Crippen molar-refractivity contribution in [2.75, 3.05) is 6.54 Å². The molecule has 0 amide bonds. The molecule has 5 heteroatoms. The molecule has 17 heavy (non-hydrogen) atoms. The summed E-state index contributed by atoms with van der Waals surface area (Å²) in [5, 5.41) is 8.98. The number of carboxylic acid groups (broad SMARTS) is 1. The zero-order valence-electron chi connectivity index (χ0n) is 9.65. The van der Waals surface area contributed by atoms with Crippen LogP contribution in [-0.2, 0) is 11.2 Å². The van der Waals surface area contributed by atoms with E-state index < -0.39 is 12.1 Å². The van der Waals surface area contributed by atoms with E-state index in [1.807, 2.05) is 18.2 Å². The van der Waals surface area contributed by atoms with Gasteiger partial charge in [-0.1, -0.05) is 19.1 Å². The summed E-state index contributed by atoms with van der Waals surface area (Å²) >= 11 is 3.37. The van der Waals surface area contributed by atoms with Crippen LogP contribution in [0, 0.1) is 0 Å². The van der Waals surface area contributed by atoms with Crippen molar-refractivity contribution in [3.63, 3.8) is 0 Å². The van der Waals surface area contributed by atoms with Crippen LogP contribution in [-0.4, -0.2) is 23.7 Å². The Morgan fingerprint density at radius 3 is 2.82 bits per heavy atom. The number of carbonyl (C=O) groups is 1. The molecular formula is C12H16BrNO3. The van der Waals surface area contributed by atoms with Gasteiger partial charge in [0.1, 0.15) is 5.75 Å². The summed E-state index contributed by atoms with van der Waals surface area (Å²) in [6.07, 6.45) is 0.244. The monoisotopic (exact) mass is 301 g/mol. The first-order valence-corrected chi connectivity index (χ1v) is 6.26. The van der Waals surface area contributed by atoms with Gasteiger partial charge in [0.15, 0.2) is 6.10 Å². The first-order valence-electron chi connectivity index (χ1n) is 5.47. The Bertz CT molecular complexity index is 395. The number of benzene rings is 1. The minimum atomic E-state index is -0.957. The lowest BCUT2D eigenvalue weighted by atomic mass is 10.1. The van der Waals surface area contributed by atoms with Crippen LogP contribution in [0.25, 0.3) is 0 Å². The molecular weight excluding hydrogens is 286 g/mol. The standard InChI is InChI=1S/C12H16BrNO3/c1-2-10(12(15)16)17-11-8(6-7-14)4-3-5-9(11)13/h3-5,10H,2,6-7,14H2,1H3,(H,15,16). The zero-order chi connectivity index (χ0) is 12.8. The summed E-state index contributed by atoms with van der Waals surface area (Å²) in [6.45, 7) is 2.27. The molecule has 0 heterocycles. The molecule has 0 saturated carbocycles. The van der Waals surface area contributed by atoms with E-state index in [0.29, 0.717) is 25.1 Å². The molecule has 0 bridgehead atoms. The summed E-state index contributed by atoms with van der Waals surface area (Å²) in [4.78, 5) is 11.0. The molecule has 4 nitrogen and oxygen atoms in total. The molecule has 0 aromatic heterocycles. The molecule has 0 aliphatic carbocycles. The number of nitrogens with two attached hydrogens (primary N) is 1. The summed E-state index contributed by atoms with van der Waals surface area (Å²) in [5.74, 6) is -0.380. The minimum Gasteiger partial charge on any atom is -0.479 e. The predicted octanol–water partition coefficient (Wildman–Crippen LogP) is 2.19. The smallest absolute Gasteiger partial charge is 0.344 e. The molecule has 94 valence electrons. The first-order chi connectivity index (χ1) is 8.10. The summed E-state index contributed by atoms with van der Waals surface area (Å²) in [5.41, 5.74) is 6.43. The van der Waals surface area contributed by atoms with Crippen molar-refractivity contribution in [1.29, 1.82) is 0 Å². The number of aliphatic carboxylic acids is 1. The second-order valence-electron chi connectivity index (χ2n) is 3.62. The van der Waals surface area contributed by atoms with Gasteiger partial charge in [0.2, 0.25) is 0 Å².